The first-order chi connectivity index (χ1) is 12.0. The number of carbonyl (C=O) groups excluding carboxylic acids is 1. The highest BCUT2D eigenvalue weighted by molar-refractivity contribution is 6.12. The van der Waals surface area contributed by atoms with Crippen molar-refractivity contribution in [3.8, 4) is 6.07 Å². The maximum Gasteiger partial charge on any atom is 0.335 e. The number of nitrogens with one attached hydrogen (secondary N) is 1. The third kappa shape index (κ3) is 2.52. The summed E-state index contributed by atoms with van der Waals surface area (Å²) >= 11 is 0. The lowest BCUT2D eigenvalue weighted by atomic mass is 9.86. The average molecular weight is 335 g/mol. The number of allylic oxidation sites excluding steroid dienone is 4. The highest BCUT2D eigenvalue weighted by Gasteiger charge is 2.64. The molecule has 1 aliphatic heterocycles. The third-order valence-corrected chi connectivity index (χ3v) is 5.44. The van der Waals surface area contributed by atoms with Crippen LogP contribution in [0.2, 0.25) is 0 Å². The van der Waals surface area contributed by atoms with Crippen LogP contribution >= 0.6 is 0 Å². The number of carbonyl (C=O) groups is 2. The van der Waals surface area contributed by atoms with Crippen LogP contribution in [-0.2, 0) is 9.59 Å². The Balaban J connectivity index is 1.61. The Labute approximate surface area is 144 Å². The number of nitriles is 1. The van der Waals surface area contributed by atoms with E-state index in [1.54, 1.807) is 18.2 Å². The Morgan fingerprint density at radius 3 is 2.84 bits per heavy atom. The van der Waals surface area contributed by atoms with E-state index in [1.165, 1.54) is 0 Å². The molecule has 4 rings (SSSR count). The van der Waals surface area contributed by atoms with E-state index in [1.807, 2.05) is 12.2 Å². The number of fused-ring (bicyclic) bond motifs is 1. The smallest absolute Gasteiger partial charge is 0.335 e. The van der Waals surface area contributed by atoms with Gasteiger partial charge in [0.1, 0.15) is 5.84 Å². The first-order valence-corrected chi connectivity index (χ1v) is 8.36. The molecular weight excluding hydrogens is 318 g/mol. The van der Waals surface area contributed by atoms with Gasteiger partial charge in [0.15, 0.2) is 0 Å². The van der Waals surface area contributed by atoms with Crippen LogP contribution < -0.4 is 5.32 Å². The number of hydrogen-bond donors (Lipinski definition) is 2. The highest BCUT2D eigenvalue weighted by atomic mass is 16.4. The molecule has 1 heterocycles. The van der Waals surface area contributed by atoms with Gasteiger partial charge in [0, 0.05) is 11.5 Å². The number of amidine groups is 1. The van der Waals surface area contributed by atoms with Gasteiger partial charge in [0.25, 0.3) is 0 Å². The molecule has 126 valence electrons. The number of nitrogens with zero attached hydrogens (tertiary/aromatic N) is 2. The molecular formula is C19H17N3O3. The second kappa shape index (κ2) is 5.55. The summed E-state index contributed by atoms with van der Waals surface area (Å²) in [6, 6.07) is 2.15. The minimum absolute atomic E-state index is 0.0117. The number of rotatable bonds is 3. The van der Waals surface area contributed by atoms with E-state index < -0.39 is 11.5 Å². The molecule has 3 aliphatic carbocycles. The van der Waals surface area contributed by atoms with Gasteiger partial charge in [0.2, 0.25) is 5.91 Å². The summed E-state index contributed by atoms with van der Waals surface area (Å²) in [5.74, 6) is -0.440. The Morgan fingerprint density at radius 2 is 2.24 bits per heavy atom. The summed E-state index contributed by atoms with van der Waals surface area (Å²) < 4.78 is 0. The Kier molecular flexibility index (Phi) is 3.46. The summed E-state index contributed by atoms with van der Waals surface area (Å²) in [7, 11) is 0. The molecule has 6 heteroatoms. The van der Waals surface area contributed by atoms with Crippen molar-refractivity contribution in [3.63, 3.8) is 0 Å². The van der Waals surface area contributed by atoms with Crippen molar-refractivity contribution in [1.29, 1.82) is 5.26 Å². The van der Waals surface area contributed by atoms with Gasteiger partial charge in [-0.2, -0.15) is 5.26 Å². The van der Waals surface area contributed by atoms with Crippen LogP contribution in [0.4, 0.5) is 0 Å². The fourth-order valence-electron chi connectivity index (χ4n) is 3.87. The van der Waals surface area contributed by atoms with Crippen LogP contribution in [0.5, 0.6) is 0 Å². The fraction of sp³-hybridized carbons (Fsp3) is 0.368. The standard InChI is InChI=1S/C19H17N3O3/c20-10-11-1-3-12(4-2-11)16-21-17(23)15-9-19(15,22-16)14-7-5-13(6-8-14)18(24)25/h1,3,5-7,14-15H,2,4,8-9H2,(H,24,25)(H,21,22,23). The molecule has 0 radical (unpaired) electrons. The molecule has 4 aliphatic rings. The van der Waals surface area contributed by atoms with Crippen molar-refractivity contribution >= 4 is 17.7 Å². The molecule has 0 saturated heterocycles. The molecule has 0 aromatic carbocycles. The van der Waals surface area contributed by atoms with Gasteiger partial charge in [-0.25, -0.2) is 4.79 Å². The van der Waals surface area contributed by atoms with Crippen LogP contribution in [-0.4, -0.2) is 28.4 Å². The van der Waals surface area contributed by atoms with Crippen molar-refractivity contribution in [2.75, 3.05) is 0 Å². The quantitative estimate of drug-likeness (QED) is 0.823. The number of aliphatic carboxylic acids is 1. The molecule has 1 fully saturated rings. The maximum absolute atomic E-state index is 12.4. The minimum Gasteiger partial charge on any atom is -0.478 e. The van der Waals surface area contributed by atoms with Gasteiger partial charge in [-0.05, 0) is 37.3 Å². The maximum atomic E-state index is 12.4. The van der Waals surface area contributed by atoms with E-state index in [4.69, 9.17) is 15.4 Å². The lowest BCUT2D eigenvalue weighted by Crippen LogP contribution is -2.43. The van der Waals surface area contributed by atoms with Crippen molar-refractivity contribution in [2.24, 2.45) is 16.8 Å². The molecule has 2 N–H and O–H groups in total. The Bertz CT molecular complexity index is 869. The van der Waals surface area contributed by atoms with Gasteiger partial charge in [0.05, 0.1) is 23.1 Å². The molecule has 1 amide bonds. The van der Waals surface area contributed by atoms with Crippen molar-refractivity contribution in [1.82, 2.24) is 5.32 Å². The molecule has 6 nitrogen and oxygen atoms in total. The fourth-order valence-corrected chi connectivity index (χ4v) is 3.87. The largest absolute Gasteiger partial charge is 0.478 e. The van der Waals surface area contributed by atoms with E-state index in [0.29, 0.717) is 37.1 Å². The number of aliphatic imine (C=N–C) groups is 1. The van der Waals surface area contributed by atoms with Crippen LogP contribution in [0, 0.1) is 23.2 Å². The SMILES string of the molecule is N#CC1=CC=C(C2=NC3(C4C=CC(C(=O)O)=CC4)CC3C(=O)N2)CC1. The van der Waals surface area contributed by atoms with Crippen molar-refractivity contribution < 1.29 is 14.7 Å². The van der Waals surface area contributed by atoms with Crippen LogP contribution in [0.1, 0.15) is 25.7 Å². The zero-order chi connectivity index (χ0) is 17.6. The first-order valence-electron chi connectivity index (χ1n) is 8.36. The second-order valence-corrected chi connectivity index (χ2v) is 6.86. The number of carboxylic acid groups (broad SMARTS) is 1. The third-order valence-electron chi connectivity index (χ3n) is 5.44. The molecule has 0 spiro atoms. The van der Waals surface area contributed by atoms with E-state index in [-0.39, 0.29) is 17.7 Å². The highest BCUT2D eigenvalue weighted by Crippen LogP contribution is 2.56. The van der Waals surface area contributed by atoms with Gasteiger partial charge in [-0.1, -0.05) is 24.3 Å². The first kappa shape index (κ1) is 15.6. The summed E-state index contributed by atoms with van der Waals surface area (Å²) in [6.45, 7) is 0. The predicted molar refractivity (Wildman–Crippen MR) is 90.4 cm³/mol. The zero-order valence-corrected chi connectivity index (χ0v) is 13.5. The molecule has 0 aromatic heterocycles. The Hall–Kier alpha value is -2.94. The van der Waals surface area contributed by atoms with Crippen LogP contribution in [0.3, 0.4) is 0 Å². The number of carboxylic acids is 1. The predicted octanol–water partition coefficient (Wildman–Crippen LogP) is 2.03. The van der Waals surface area contributed by atoms with Gasteiger partial charge < -0.3 is 10.4 Å². The molecule has 3 atom stereocenters. The lowest BCUT2D eigenvalue weighted by molar-refractivity contribution is -0.132. The van der Waals surface area contributed by atoms with E-state index in [9.17, 15) is 9.59 Å². The zero-order valence-electron chi connectivity index (χ0n) is 13.5. The normalized spacial score (nSPS) is 33.0. The van der Waals surface area contributed by atoms with Crippen molar-refractivity contribution in [2.45, 2.75) is 31.2 Å². The number of hydrogen-bond acceptors (Lipinski definition) is 4. The Morgan fingerprint density at radius 1 is 1.40 bits per heavy atom. The topological polar surface area (TPSA) is 103 Å². The van der Waals surface area contributed by atoms with Gasteiger partial charge >= 0.3 is 5.97 Å². The molecule has 3 unspecified atom stereocenters. The van der Waals surface area contributed by atoms with E-state index >= 15 is 0 Å². The van der Waals surface area contributed by atoms with E-state index in [0.717, 1.165) is 11.1 Å². The molecule has 25 heavy (non-hydrogen) atoms. The van der Waals surface area contributed by atoms with Crippen LogP contribution in [0.15, 0.2) is 52.1 Å². The minimum atomic E-state index is -0.933. The summed E-state index contributed by atoms with van der Waals surface area (Å²) in [4.78, 5) is 28.3. The van der Waals surface area contributed by atoms with Crippen LogP contribution in [0.25, 0.3) is 0 Å². The number of amides is 1. The summed E-state index contributed by atoms with van der Waals surface area (Å²) in [5, 5.41) is 20.9. The van der Waals surface area contributed by atoms with Gasteiger partial charge in [-0.15, -0.1) is 0 Å². The second-order valence-electron chi connectivity index (χ2n) is 6.86. The molecule has 1 saturated carbocycles. The average Bonchev–Trinajstić information content (AvgIpc) is 3.39. The monoisotopic (exact) mass is 335 g/mol. The lowest BCUT2D eigenvalue weighted by Gasteiger charge is -2.28. The summed E-state index contributed by atoms with van der Waals surface area (Å²) in [5.41, 5.74) is 1.51. The molecule has 0 aromatic rings. The summed E-state index contributed by atoms with van der Waals surface area (Å²) in [6.07, 6.45) is 11.5. The van der Waals surface area contributed by atoms with Gasteiger partial charge in [-0.3, -0.25) is 9.79 Å². The van der Waals surface area contributed by atoms with Crippen molar-refractivity contribution in [3.05, 3.63) is 47.1 Å². The van der Waals surface area contributed by atoms with E-state index in [2.05, 4.69) is 11.4 Å². The molecule has 0 bridgehead atoms.